The van der Waals surface area contributed by atoms with Gasteiger partial charge in [-0.3, -0.25) is 0 Å². The molecule has 25 heavy (non-hydrogen) atoms. The van der Waals surface area contributed by atoms with Crippen LogP contribution in [0.1, 0.15) is 125 Å². The smallest absolute Gasteiger partial charge is 0.0209 e. The highest BCUT2D eigenvalue weighted by Crippen LogP contribution is 2.25. The molecule has 148 valence electrons. The molecule has 0 heterocycles. The Bertz CT molecular complexity index is 356. The van der Waals surface area contributed by atoms with Gasteiger partial charge < -0.3 is 0 Å². The second-order valence-corrected chi connectivity index (χ2v) is 8.68. The van der Waals surface area contributed by atoms with Gasteiger partial charge in [0.2, 0.25) is 0 Å². The Morgan fingerprint density at radius 3 is 1.56 bits per heavy atom. The topological polar surface area (TPSA) is 0 Å². The average Bonchev–Trinajstić information content (AvgIpc) is 2.57. The lowest BCUT2D eigenvalue weighted by molar-refractivity contribution is 0.445. The maximum atomic E-state index is 4.25. The Morgan fingerprint density at radius 1 is 0.680 bits per heavy atom. The summed E-state index contributed by atoms with van der Waals surface area (Å²) in [4.78, 5) is 0. The van der Waals surface area contributed by atoms with Crippen molar-refractivity contribution in [1.29, 1.82) is 0 Å². The van der Waals surface area contributed by atoms with E-state index in [-0.39, 0.29) is 0 Å². The van der Waals surface area contributed by atoms with Crippen molar-refractivity contribution >= 4 is 0 Å². The van der Waals surface area contributed by atoms with Gasteiger partial charge in [-0.15, -0.1) is 0 Å². The zero-order chi connectivity index (χ0) is 19.1. The number of unbranched alkanes of at least 4 members (excludes halogenated alkanes) is 8. The first-order valence-corrected chi connectivity index (χ1v) is 11.2. The molecular formula is C25H48. The van der Waals surface area contributed by atoms with Crippen molar-refractivity contribution in [3.8, 4) is 0 Å². The van der Waals surface area contributed by atoms with E-state index in [0.717, 1.165) is 11.8 Å². The summed E-state index contributed by atoms with van der Waals surface area (Å²) < 4.78 is 0. The lowest BCUT2D eigenvalue weighted by Crippen LogP contribution is -2.02. The highest BCUT2D eigenvalue weighted by atomic mass is 14.2. The van der Waals surface area contributed by atoms with Crippen molar-refractivity contribution in [1.82, 2.24) is 0 Å². The molecule has 0 saturated carbocycles. The van der Waals surface area contributed by atoms with Gasteiger partial charge in [-0.1, -0.05) is 101 Å². The number of allylic oxidation sites excluding steroid dienone is 3. The van der Waals surface area contributed by atoms with Gasteiger partial charge in [0.25, 0.3) is 0 Å². The molecular weight excluding hydrogens is 300 g/mol. The largest absolute Gasteiger partial charge is 0.0999 e. The van der Waals surface area contributed by atoms with Crippen molar-refractivity contribution in [2.24, 2.45) is 11.8 Å². The minimum atomic E-state index is 0.765. The molecule has 0 amide bonds. The lowest BCUT2D eigenvalue weighted by Gasteiger charge is -2.17. The maximum absolute atomic E-state index is 4.25. The quantitative estimate of drug-likeness (QED) is 0.192. The fourth-order valence-electron chi connectivity index (χ4n) is 3.71. The highest BCUT2D eigenvalue weighted by molar-refractivity contribution is 5.09. The van der Waals surface area contributed by atoms with Gasteiger partial charge in [0, 0.05) is 0 Å². The molecule has 0 aliphatic carbocycles. The number of hydrogen-bond donors (Lipinski definition) is 0. The van der Waals surface area contributed by atoms with Gasteiger partial charge in [0.1, 0.15) is 0 Å². The van der Waals surface area contributed by atoms with E-state index in [2.05, 4.69) is 48.1 Å². The van der Waals surface area contributed by atoms with E-state index in [0.29, 0.717) is 0 Å². The minimum absolute atomic E-state index is 0.765. The Labute approximate surface area is 160 Å². The first kappa shape index (κ1) is 24.5. The molecule has 0 heteroatoms. The third-order valence-electron chi connectivity index (χ3n) is 6.07. The Morgan fingerprint density at radius 2 is 1.12 bits per heavy atom. The van der Waals surface area contributed by atoms with Crippen molar-refractivity contribution in [2.75, 3.05) is 0 Å². The summed E-state index contributed by atoms with van der Waals surface area (Å²) >= 11 is 0. The molecule has 0 fully saturated rings. The van der Waals surface area contributed by atoms with E-state index in [1.165, 1.54) is 94.6 Å². The van der Waals surface area contributed by atoms with Crippen LogP contribution >= 0.6 is 0 Å². The van der Waals surface area contributed by atoms with Crippen LogP contribution in [0.4, 0.5) is 0 Å². The van der Waals surface area contributed by atoms with Crippen LogP contribution < -0.4 is 0 Å². The first-order valence-electron chi connectivity index (χ1n) is 11.2. The van der Waals surface area contributed by atoms with E-state index >= 15 is 0 Å². The third-order valence-corrected chi connectivity index (χ3v) is 6.07. The third kappa shape index (κ3) is 13.4. The van der Waals surface area contributed by atoms with E-state index in [1.807, 2.05) is 0 Å². The molecule has 0 aliphatic rings. The molecule has 0 aromatic carbocycles. The number of rotatable bonds is 16. The van der Waals surface area contributed by atoms with Crippen LogP contribution in [0.25, 0.3) is 0 Å². The SMILES string of the molecule is C=C(C)C(CCCCCCCC)CCCCCCC(C)C(C)=C(C)C. The summed E-state index contributed by atoms with van der Waals surface area (Å²) in [7, 11) is 0. The zero-order valence-corrected chi connectivity index (χ0v) is 18.6. The van der Waals surface area contributed by atoms with Gasteiger partial charge in [0.05, 0.1) is 0 Å². The summed E-state index contributed by atoms with van der Waals surface area (Å²) in [6.45, 7) is 18.0. The summed E-state index contributed by atoms with van der Waals surface area (Å²) in [5.41, 5.74) is 4.52. The van der Waals surface area contributed by atoms with Crippen LogP contribution in [0.15, 0.2) is 23.3 Å². The Kier molecular flexibility index (Phi) is 15.4. The van der Waals surface area contributed by atoms with Gasteiger partial charge >= 0.3 is 0 Å². The second-order valence-electron chi connectivity index (χ2n) is 8.68. The lowest BCUT2D eigenvalue weighted by atomic mass is 9.89. The summed E-state index contributed by atoms with van der Waals surface area (Å²) in [6, 6.07) is 0. The van der Waals surface area contributed by atoms with Crippen LogP contribution in [0.3, 0.4) is 0 Å². The van der Waals surface area contributed by atoms with Gasteiger partial charge in [0.15, 0.2) is 0 Å². The van der Waals surface area contributed by atoms with Crippen molar-refractivity contribution in [2.45, 2.75) is 125 Å². The van der Waals surface area contributed by atoms with Gasteiger partial charge in [-0.25, -0.2) is 0 Å². The molecule has 0 rings (SSSR count). The van der Waals surface area contributed by atoms with Crippen molar-refractivity contribution in [3.05, 3.63) is 23.3 Å². The summed E-state index contributed by atoms with van der Waals surface area (Å²) in [5, 5.41) is 0. The first-order chi connectivity index (χ1) is 11.9. The van der Waals surface area contributed by atoms with Crippen molar-refractivity contribution in [3.63, 3.8) is 0 Å². The fourth-order valence-corrected chi connectivity index (χ4v) is 3.71. The maximum Gasteiger partial charge on any atom is -0.0209 e. The normalized spacial score (nSPS) is 13.5. The molecule has 2 unspecified atom stereocenters. The van der Waals surface area contributed by atoms with E-state index in [9.17, 15) is 0 Å². The zero-order valence-electron chi connectivity index (χ0n) is 18.6. The van der Waals surface area contributed by atoms with Gasteiger partial charge in [-0.05, 0) is 58.8 Å². The van der Waals surface area contributed by atoms with Crippen LogP contribution in [-0.4, -0.2) is 0 Å². The number of hydrogen-bond acceptors (Lipinski definition) is 0. The molecule has 2 atom stereocenters. The van der Waals surface area contributed by atoms with E-state index in [1.54, 1.807) is 5.57 Å². The van der Waals surface area contributed by atoms with Crippen LogP contribution in [0.2, 0.25) is 0 Å². The van der Waals surface area contributed by atoms with E-state index in [4.69, 9.17) is 0 Å². The molecule has 0 spiro atoms. The highest BCUT2D eigenvalue weighted by Gasteiger charge is 2.09. The summed E-state index contributed by atoms with van der Waals surface area (Å²) in [6.07, 6.45) is 18.1. The Balaban J connectivity index is 3.76. The predicted molar refractivity (Wildman–Crippen MR) is 117 cm³/mol. The fraction of sp³-hybridized carbons (Fsp3) is 0.840. The molecule has 0 aromatic rings. The summed E-state index contributed by atoms with van der Waals surface area (Å²) in [5.74, 6) is 1.54. The van der Waals surface area contributed by atoms with E-state index < -0.39 is 0 Å². The molecule has 0 aliphatic heterocycles. The van der Waals surface area contributed by atoms with Crippen LogP contribution in [0, 0.1) is 11.8 Å². The molecule has 0 nitrogen and oxygen atoms in total. The predicted octanol–water partition coefficient (Wildman–Crippen LogP) is 9.26. The molecule has 0 N–H and O–H groups in total. The molecule has 0 radical (unpaired) electrons. The Hall–Kier alpha value is -0.520. The van der Waals surface area contributed by atoms with Crippen molar-refractivity contribution < 1.29 is 0 Å². The average molecular weight is 349 g/mol. The standard InChI is InChI=1S/C25H48/c1-8-9-10-11-12-16-19-25(22(4)5)20-17-14-13-15-18-23(6)24(7)21(2)3/h23,25H,4,8-20H2,1-3,5-7H3. The molecule has 0 aromatic heterocycles. The van der Waals surface area contributed by atoms with Crippen LogP contribution in [-0.2, 0) is 0 Å². The molecule has 0 bridgehead atoms. The van der Waals surface area contributed by atoms with Gasteiger partial charge in [-0.2, -0.15) is 0 Å². The minimum Gasteiger partial charge on any atom is -0.0999 e. The monoisotopic (exact) mass is 348 g/mol. The second kappa shape index (κ2) is 15.7. The van der Waals surface area contributed by atoms with Crippen LogP contribution in [0.5, 0.6) is 0 Å². The molecule has 0 saturated heterocycles.